The van der Waals surface area contributed by atoms with Crippen molar-refractivity contribution in [3.05, 3.63) is 25.6 Å². The van der Waals surface area contributed by atoms with Gasteiger partial charge in [0.2, 0.25) is 0 Å². The van der Waals surface area contributed by atoms with E-state index in [1.54, 1.807) is 12.4 Å². The van der Waals surface area contributed by atoms with Crippen LogP contribution < -0.4 is 0 Å². The van der Waals surface area contributed by atoms with Gasteiger partial charge in [0.05, 0.1) is 5.71 Å². The molecule has 0 aliphatic heterocycles. The zero-order valence-electron chi connectivity index (χ0n) is 12.8. The monoisotopic (exact) mass is 262 g/mol. The normalized spacial score (nSPS) is 13.7. The van der Waals surface area contributed by atoms with Crippen LogP contribution in [0.3, 0.4) is 0 Å². The Morgan fingerprint density at radius 2 is 1.63 bits per heavy atom. The van der Waals surface area contributed by atoms with Gasteiger partial charge >= 0.3 is 0 Å². The van der Waals surface area contributed by atoms with Crippen molar-refractivity contribution in [2.75, 3.05) is 0 Å². The van der Waals surface area contributed by atoms with Gasteiger partial charge in [0.15, 0.2) is 0 Å². The fraction of sp³-hybridized carbons (Fsp3) is 0.647. The second kappa shape index (κ2) is 13.3. The summed E-state index contributed by atoms with van der Waals surface area (Å²) >= 11 is 0. The molecule has 0 aliphatic carbocycles. The van der Waals surface area contributed by atoms with Crippen LogP contribution in [0, 0.1) is 5.92 Å². The maximum atomic E-state index is 4.40. The van der Waals surface area contributed by atoms with Gasteiger partial charge in [-0.05, 0) is 12.8 Å². The van der Waals surface area contributed by atoms with Gasteiger partial charge < -0.3 is 0 Å². The molecule has 0 aliphatic rings. The lowest BCUT2D eigenvalue weighted by Gasteiger charge is -2.16. The highest BCUT2D eigenvalue weighted by Crippen LogP contribution is 2.19. The molecule has 0 aromatic carbocycles. The first-order chi connectivity index (χ1) is 9.29. The summed E-state index contributed by atoms with van der Waals surface area (Å²) in [6, 6.07) is 0. The lowest BCUT2D eigenvalue weighted by Crippen LogP contribution is -2.16. The van der Waals surface area contributed by atoms with E-state index in [9.17, 15) is 0 Å². The van der Waals surface area contributed by atoms with E-state index < -0.39 is 0 Å². The van der Waals surface area contributed by atoms with E-state index in [1.807, 2.05) is 6.21 Å². The Balaban J connectivity index is 4.56. The molecule has 0 heterocycles. The summed E-state index contributed by atoms with van der Waals surface area (Å²) in [6.45, 7) is 11.8. The van der Waals surface area contributed by atoms with E-state index in [4.69, 9.17) is 0 Å². The Hall–Kier alpha value is -1.18. The lowest BCUT2D eigenvalue weighted by atomic mass is 9.91. The smallest absolute Gasteiger partial charge is 0.0616 e. The van der Waals surface area contributed by atoms with Crippen LogP contribution in [-0.2, 0) is 0 Å². The van der Waals surface area contributed by atoms with Crippen molar-refractivity contribution in [1.82, 2.24) is 0 Å². The maximum Gasteiger partial charge on any atom is 0.0616 e. The molecule has 0 saturated heterocycles. The Morgan fingerprint density at radius 1 is 0.947 bits per heavy atom. The Labute approximate surface area is 119 Å². The first kappa shape index (κ1) is 17.8. The zero-order chi connectivity index (χ0) is 14.3. The molecule has 0 aromatic heterocycles. The molecule has 0 aromatic rings. The van der Waals surface area contributed by atoms with Crippen LogP contribution in [0.25, 0.3) is 0 Å². The van der Waals surface area contributed by atoms with Crippen molar-refractivity contribution >= 4 is 11.9 Å². The van der Waals surface area contributed by atoms with E-state index in [2.05, 4.69) is 37.0 Å². The molecule has 0 bridgehead atoms. The van der Waals surface area contributed by atoms with Gasteiger partial charge in [0.1, 0.15) is 0 Å². The molecular formula is C17H30N2. The lowest BCUT2D eigenvalue weighted by molar-refractivity contribution is 0.509. The van der Waals surface area contributed by atoms with Crippen LogP contribution in [-0.4, -0.2) is 11.9 Å². The third-order valence-electron chi connectivity index (χ3n) is 3.28. The summed E-state index contributed by atoms with van der Waals surface area (Å²) in [7, 11) is 0. The van der Waals surface area contributed by atoms with Crippen molar-refractivity contribution in [1.29, 1.82) is 0 Å². The summed E-state index contributed by atoms with van der Waals surface area (Å²) in [5, 5.41) is 0. The Kier molecular flexibility index (Phi) is 12.4. The van der Waals surface area contributed by atoms with Crippen LogP contribution in [0.2, 0.25) is 0 Å². The number of hydrogen-bond donors (Lipinski definition) is 0. The molecular weight excluding hydrogens is 232 g/mol. The summed E-state index contributed by atoms with van der Waals surface area (Å²) in [5.74, 6) is 0.513. The average Bonchev–Trinajstić information content (AvgIpc) is 2.43. The summed E-state index contributed by atoms with van der Waals surface area (Å²) in [6.07, 6.45) is 15.1. The molecule has 19 heavy (non-hydrogen) atoms. The first-order valence-electron chi connectivity index (χ1n) is 7.62. The maximum absolute atomic E-state index is 4.40. The minimum atomic E-state index is 0.513. The molecule has 1 atom stereocenters. The van der Waals surface area contributed by atoms with Gasteiger partial charge in [-0.15, -0.1) is 0 Å². The fourth-order valence-corrected chi connectivity index (χ4v) is 2.19. The molecule has 0 radical (unpaired) electrons. The second-order valence-electron chi connectivity index (χ2n) is 4.89. The van der Waals surface area contributed by atoms with E-state index >= 15 is 0 Å². The van der Waals surface area contributed by atoms with Crippen LogP contribution in [0.5, 0.6) is 0 Å². The minimum Gasteiger partial charge on any atom is -0.263 e. The molecule has 108 valence electrons. The molecule has 0 saturated carbocycles. The van der Waals surface area contributed by atoms with Gasteiger partial charge in [-0.25, -0.2) is 0 Å². The van der Waals surface area contributed by atoms with Crippen LogP contribution >= 0.6 is 0 Å². The van der Waals surface area contributed by atoms with Crippen LogP contribution in [0.15, 0.2) is 35.5 Å². The number of hydrogen-bond acceptors (Lipinski definition) is 2. The van der Waals surface area contributed by atoms with Crippen molar-refractivity contribution in [3.8, 4) is 0 Å². The SMILES string of the molecule is C=CN=CC(=NC=C)C(CCCC)CCCCCC. The van der Waals surface area contributed by atoms with E-state index in [0.717, 1.165) is 5.71 Å². The highest BCUT2D eigenvalue weighted by Gasteiger charge is 2.13. The van der Waals surface area contributed by atoms with E-state index in [-0.39, 0.29) is 0 Å². The van der Waals surface area contributed by atoms with Gasteiger partial charge in [-0.3, -0.25) is 9.98 Å². The third kappa shape index (κ3) is 9.40. The second-order valence-corrected chi connectivity index (χ2v) is 4.89. The first-order valence-corrected chi connectivity index (χ1v) is 7.62. The highest BCUT2D eigenvalue weighted by atomic mass is 14.8. The Bertz CT molecular complexity index is 290. The van der Waals surface area contributed by atoms with Crippen molar-refractivity contribution in [2.45, 2.75) is 65.2 Å². The van der Waals surface area contributed by atoms with Gasteiger partial charge in [0, 0.05) is 24.5 Å². The molecule has 0 spiro atoms. The molecule has 2 heteroatoms. The standard InChI is InChI=1S/C17H30N2/c1-5-9-11-12-14-16(13-10-6-2)17(19-8-4)15-18-7-3/h7-8,15-16H,3-6,9-14H2,1-2H3. The molecule has 0 N–H and O–H groups in total. The number of aliphatic imine (C=N–C) groups is 2. The third-order valence-corrected chi connectivity index (χ3v) is 3.28. The molecule has 2 nitrogen and oxygen atoms in total. The van der Waals surface area contributed by atoms with E-state index in [0.29, 0.717) is 5.92 Å². The van der Waals surface area contributed by atoms with Gasteiger partial charge in [-0.1, -0.05) is 65.5 Å². The fourth-order valence-electron chi connectivity index (χ4n) is 2.19. The summed E-state index contributed by atoms with van der Waals surface area (Å²) < 4.78 is 0. The summed E-state index contributed by atoms with van der Waals surface area (Å²) in [5.41, 5.74) is 1.06. The zero-order valence-corrected chi connectivity index (χ0v) is 12.8. The summed E-state index contributed by atoms with van der Waals surface area (Å²) in [4.78, 5) is 8.52. The molecule has 1 unspecified atom stereocenters. The highest BCUT2D eigenvalue weighted by molar-refractivity contribution is 6.31. The quantitative estimate of drug-likeness (QED) is 0.325. The van der Waals surface area contributed by atoms with Crippen molar-refractivity contribution in [2.24, 2.45) is 15.9 Å². The topological polar surface area (TPSA) is 24.7 Å². The Morgan fingerprint density at radius 3 is 2.21 bits per heavy atom. The average molecular weight is 262 g/mol. The number of nitrogens with zero attached hydrogens (tertiary/aromatic N) is 2. The van der Waals surface area contributed by atoms with Crippen molar-refractivity contribution in [3.63, 3.8) is 0 Å². The van der Waals surface area contributed by atoms with Gasteiger partial charge in [0.25, 0.3) is 0 Å². The van der Waals surface area contributed by atoms with Crippen molar-refractivity contribution < 1.29 is 0 Å². The number of unbranched alkanes of at least 4 members (excludes halogenated alkanes) is 4. The predicted octanol–water partition coefficient (Wildman–Crippen LogP) is 5.56. The molecule has 0 rings (SSSR count). The van der Waals surface area contributed by atoms with E-state index in [1.165, 1.54) is 51.4 Å². The van der Waals surface area contributed by atoms with Gasteiger partial charge in [-0.2, -0.15) is 0 Å². The molecule has 0 amide bonds. The largest absolute Gasteiger partial charge is 0.263 e. The van der Waals surface area contributed by atoms with Crippen LogP contribution in [0.4, 0.5) is 0 Å². The molecule has 0 fully saturated rings. The number of rotatable bonds is 12. The minimum absolute atomic E-state index is 0.513. The predicted molar refractivity (Wildman–Crippen MR) is 88.1 cm³/mol. The van der Waals surface area contributed by atoms with Crippen LogP contribution in [0.1, 0.15) is 65.2 Å².